The summed E-state index contributed by atoms with van der Waals surface area (Å²) in [6, 6.07) is 13.0. The highest BCUT2D eigenvalue weighted by atomic mass is 16.5. The van der Waals surface area contributed by atoms with Crippen LogP contribution in [0.2, 0.25) is 0 Å². The van der Waals surface area contributed by atoms with Crippen LogP contribution in [-0.2, 0) is 16.1 Å². The van der Waals surface area contributed by atoms with Crippen molar-refractivity contribution in [3.05, 3.63) is 54.6 Å². The normalized spacial score (nSPS) is 10.9. The standard InChI is InChI=1S/C25H27N3O7/c1-29-8-10-32-23-13-20-22(14-24(23)33-11-9-30-2)26-16-27-25(20)34-15-19-12-21(28-35-19)17-4-6-18(31-3)7-5-17/h4-7,12-14,16H,8-11,15H2,1-3H3. The van der Waals surface area contributed by atoms with Gasteiger partial charge in [0.1, 0.15) is 31.0 Å². The lowest BCUT2D eigenvalue weighted by molar-refractivity contribution is 0.132. The fraction of sp³-hybridized carbons (Fsp3) is 0.320. The van der Waals surface area contributed by atoms with E-state index in [1.807, 2.05) is 30.3 Å². The highest BCUT2D eigenvalue weighted by molar-refractivity contribution is 5.86. The van der Waals surface area contributed by atoms with Crippen LogP contribution in [0.25, 0.3) is 22.2 Å². The lowest BCUT2D eigenvalue weighted by Crippen LogP contribution is -2.09. The quantitative estimate of drug-likeness (QED) is 0.261. The average molecular weight is 482 g/mol. The van der Waals surface area contributed by atoms with E-state index in [2.05, 4.69) is 15.1 Å². The Morgan fingerprint density at radius 1 is 0.771 bits per heavy atom. The van der Waals surface area contributed by atoms with Gasteiger partial charge < -0.3 is 32.9 Å². The smallest absolute Gasteiger partial charge is 0.225 e. The Morgan fingerprint density at radius 2 is 1.49 bits per heavy atom. The molecule has 10 heteroatoms. The summed E-state index contributed by atoms with van der Waals surface area (Å²) in [5.74, 6) is 2.80. The van der Waals surface area contributed by atoms with Crippen LogP contribution in [0.4, 0.5) is 0 Å². The fourth-order valence-electron chi connectivity index (χ4n) is 3.27. The number of nitrogens with zero attached hydrogens (tertiary/aromatic N) is 3. The zero-order valence-corrected chi connectivity index (χ0v) is 19.9. The summed E-state index contributed by atoms with van der Waals surface area (Å²) in [5, 5.41) is 4.81. The van der Waals surface area contributed by atoms with Crippen molar-refractivity contribution in [3.63, 3.8) is 0 Å². The van der Waals surface area contributed by atoms with E-state index in [4.69, 9.17) is 32.9 Å². The van der Waals surface area contributed by atoms with E-state index >= 15 is 0 Å². The van der Waals surface area contributed by atoms with E-state index in [0.717, 1.165) is 11.3 Å². The SMILES string of the molecule is COCCOc1cc2ncnc(OCc3cc(-c4ccc(OC)cc4)no3)c2cc1OCCOC. The molecule has 0 saturated carbocycles. The molecule has 0 aliphatic rings. The first kappa shape index (κ1) is 24.2. The van der Waals surface area contributed by atoms with Gasteiger partial charge in [-0.2, -0.15) is 0 Å². The van der Waals surface area contributed by atoms with E-state index in [0.29, 0.717) is 66.2 Å². The molecule has 0 unspecified atom stereocenters. The van der Waals surface area contributed by atoms with E-state index in [1.54, 1.807) is 33.5 Å². The van der Waals surface area contributed by atoms with Gasteiger partial charge in [-0.1, -0.05) is 5.16 Å². The molecular weight excluding hydrogens is 454 g/mol. The van der Waals surface area contributed by atoms with Gasteiger partial charge in [-0.15, -0.1) is 0 Å². The number of rotatable bonds is 13. The Balaban J connectivity index is 1.52. The van der Waals surface area contributed by atoms with Crippen molar-refractivity contribution in [1.82, 2.24) is 15.1 Å². The first-order chi connectivity index (χ1) is 17.2. The van der Waals surface area contributed by atoms with Crippen LogP contribution in [-0.4, -0.2) is 62.9 Å². The van der Waals surface area contributed by atoms with E-state index in [1.165, 1.54) is 6.33 Å². The minimum Gasteiger partial charge on any atom is -0.497 e. The molecule has 2 aromatic heterocycles. The maximum absolute atomic E-state index is 5.96. The maximum atomic E-state index is 5.96. The molecule has 0 saturated heterocycles. The van der Waals surface area contributed by atoms with Gasteiger partial charge in [0.25, 0.3) is 0 Å². The molecule has 0 atom stereocenters. The Kier molecular flexibility index (Phi) is 8.31. The van der Waals surface area contributed by atoms with Crippen molar-refractivity contribution in [3.8, 4) is 34.4 Å². The molecule has 0 aliphatic heterocycles. The largest absolute Gasteiger partial charge is 0.497 e. The first-order valence-electron chi connectivity index (χ1n) is 11.0. The van der Waals surface area contributed by atoms with Crippen molar-refractivity contribution in [2.24, 2.45) is 0 Å². The van der Waals surface area contributed by atoms with Gasteiger partial charge in [-0.25, -0.2) is 9.97 Å². The third-order valence-electron chi connectivity index (χ3n) is 5.05. The zero-order chi connectivity index (χ0) is 24.5. The molecule has 0 bridgehead atoms. The molecule has 10 nitrogen and oxygen atoms in total. The molecule has 2 heterocycles. The van der Waals surface area contributed by atoms with Crippen LogP contribution in [0.15, 0.2) is 53.3 Å². The third-order valence-corrected chi connectivity index (χ3v) is 5.05. The van der Waals surface area contributed by atoms with Crippen LogP contribution in [0.1, 0.15) is 5.76 Å². The predicted molar refractivity (Wildman–Crippen MR) is 127 cm³/mol. The number of aromatic nitrogens is 3. The second kappa shape index (κ2) is 12.0. The second-order valence-corrected chi connectivity index (χ2v) is 7.37. The molecular formula is C25H27N3O7. The molecule has 0 amide bonds. The Morgan fingerprint density at radius 3 is 2.17 bits per heavy atom. The van der Waals surface area contributed by atoms with Crippen LogP contribution >= 0.6 is 0 Å². The van der Waals surface area contributed by atoms with E-state index in [-0.39, 0.29) is 6.61 Å². The molecule has 35 heavy (non-hydrogen) atoms. The summed E-state index contributed by atoms with van der Waals surface area (Å²) in [4.78, 5) is 8.65. The van der Waals surface area contributed by atoms with E-state index in [9.17, 15) is 0 Å². The van der Waals surface area contributed by atoms with Crippen LogP contribution in [0, 0.1) is 0 Å². The van der Waals surface area contributed by atoms with Gasteiger partial charge in [0, 0.05) is 31.9 Å². The van der Waals surface area contributed by atoms with Crippen molar-refractivity contribution < 1.29 is 32.9 Å². The monoisotopic (exact) mass is 481 g/mol. The van der Waals surface area contributed by atoms with Crippen LogP contribution in [0.3, 0.4) is 0 Å². The summed E-state index contributed by atoms with van der Waals surface area (Å²) in [6.07, 6.45) is 1.44. The van der Waals surface area contributed by atoms with Crippen molar-refractivity contribution in [2.45, 2.75) is 6.61 Å². The number of fused-ring (bicyclic) bond motifs is 1. The predicted octanol–water partition coefficient (Wildman–Crippen LogP) is 3.92. The third kappa shape index (κ3) is 6.17. The van der Waals surface area contributed by atoms with Crippen LogP contribution in [0.5, 0.6) is 23.1 Å². The lowest BCUT2D eigenvalue weighted by atomic mass is 10.1. The minimum atomic E-state index is 0.140. The average Bonchev–Trinajstić information content (AvgIpc) is 3.37. The Labute approximate surface area is 202 Å². The lowest BCUT2D eigenvalue weighted by Gasteiger charge is -2.14. The number of hydrogen-bond donors (Lipinski definition) is 0. The van der Waals surface area contributed by atoms with Gasteiger partial charge in [0.15, 0.2) is 23.9 Å². The van der Waals surface area contributed by atoms with Gasteiger partial charge >= 0.3 is 0 Å². The highest BCUT2D eigenvalue weighted by Gasteiger charge is 2.15. The summed E-state index contributed by atoms with van der Waals surface area (Å²) >= 11 is 0. The minimum absolute atomic E-state index is 0.140. The molecule has 184 valence electrons. The molecule has 0 N–H and O–H groups in total. The summed E-state index contributed by atoms with van der Waals surface area (Å²) < 4.78 is 38.5. The number of ether oxygens (including phenoxy) is 6. The molecule has 2 aromatic carbocycles. The van der Waals surface area contributed by atoms with Crippen molar-refractivity contribution >= 4 is 10.9 Å². The van der Waals surface area contributed by atoms with Gasteiger partial charge in [-0.3, -0.25) is 0 Å². The summed E-state index contributed by atoms with van der Waals surface area (Å²) in [5.41, 5.74) is 2.26. The molecule has 4 rings (SSSR count). The molecule has 4 aromatic rings. The van der Waals surface area contributed by atoms with E-state index < -0.39 is 0 Å². The summed E-state index contributed by atoms with van der Waals surface area (Å²) in [7, 11) is 4.86. The Hall–Kier alpha value is -3.89. The topological polar surface area (TPSA) is 107 Å². The first-order valence-corrected chi connectivity index (χ1v) is 11.0. The second-order valence-electron chi connectivity index (χ2n) is 7.37. The fourth-order valence-corrected chi connectivity index (χ4v) is 3.27. The van der Waals surface area contributed by atoms with Crippen LogP contribution < -0.4 is 18.9 Å². The van der Waals surface area contributed by atoms with Gasteiger partial charge in [0.05, 0.1) is 31.2 Å². The van der Waals surface area contributed by atoms with Gasteiger partial charge in [0.2, 0.25) is 5.88 Å². The zero-order valence-electron chi connectivity index (χ0n) is 19.9. The molecule has 0 fully saturated rings. The number of hydrogen-bond acceptors (Lipinski definition) is 10. The molecule has 0 aliphatic carbocycles. The van der Waals surface area contributed by atoms with Crippen molar-refractivity contribution in [2.75, 3.05) is 47.8 Å². The number of methoxy groups -OCH3 is 3. The highest BCUT2D eigenvalue weighted by Crippen LogP contribution is 2.35. The number of benzene rings is 2. The molecule has 0 spiro atoms. The van der Waals surface area contributed by atoms with Crippen molar-refractivity contribution in [1.29, 1.82) is 0 Å². The summed E-state index contributed by atoms with van der Waals surface area (Å²) in [6.45, 7) is 1.76. The maximum Gasteiger partial charge on any atom is 0.225 e. The van der Waals surface area contributed by atoms with Gasteiger partial charge in [-0.05, 0) is 30.3 Å². The Bertz CT molecular complexity index is 1230. The molecule has 0 radical (unpaired) electrons.